The molecule has 0 fully saturated rings. The van der Waals surface area contributed by atoms with Crippen LogP contribution >= 0.6 is 11.6 Å². The van der Waals surface area contributed by atoms with Crippen LogP contribution in [-0.4, -0.2) is 24.1 Å². The lowest BCUT2D eigenvalue weighted by molar-refractivity contribution is -0.121. The largest absolute Gasteiger partial charge is 0.483 e. The first-order valence-corrected chi connectivity index (χ1v) is 6.81. The summed E-state index contributed by atoms with van der Waals surface area (Å²) in [6.07, 6.45) is 0. The standard InChI is InChI=1S/C14H20ClN3O3/c1-14(2,3)17-7-9-10(15)5-4-6-11(9)21-8-12(19)18-13(16)20/h4-6,17H,7-8H2,1-3H3,(H3,16,18,19,20). The van der Waals surface area contributed by atoms with Gasteiger partial charge in [0.2, 0.25) is 0 Å². The summed E-state index contributed by atoms with van der Waals surface area (Å²) < 4.78 is 5.40. The van der Waals surface area contributed by atoms with Crippen LogP contribution in [0.25, 0.3) is 0 Å². The molecule has 0 bridgehead atoms. The second-order valence-corrected chi connectivity index (χ2v) is 5.93. The zero-order chi connectivity index (χ0) is 16.0. The number of imide groups is 1. The predicted octanol–water partition coefficient (Wildman–Crippen LogP) is 1.80. The smallest absolute Gasteiger partial charge is 0.318 e. The number of benzene rings is 1. The van der Waals surface area contributed by atoms with Crippen LogP contribution in [0.2, 0.25) is 5.02 Å². The van der Waals surface area contributed by atoms with E-state index in [-0.39, 0.29) is 12.1 Å². The Kier molecular flexibility index (Phi) is 5.99. The van der Waals surface area contributed by atoms with E-state index in [1.165, 1.54) is 0 Å². The van der Waals surface area contributed by atoms with Crippen molar-refractivity contribution in [1.29, 1.82) is 0 Å². The molecule has 116 valence electrons. The molecule has 0 saturated carbocycles. The van der Waals surface area contributed by atoms with Gasteiger partial charge in [-0.25, -0.2) is 4.79 Å². The number of rotatable bonds is 5. The van der Waals surface area contributed by atoms with Crippen LogP contribution in [-0.2, 0) is 11.3 Å². The number of ether oxygens (including phenoxy) is 1. The Morgan fingerprint density at radius 2 is 2.00 bits per heavy atom. The first-order chi connectivity index (χ1) is 9.69. The number of amides is 3. The second kappa shape index (κ2) is 7.28. The maximum absolute atomic E-state index is 11.4. The molecule has 7 heteroatoms. The molecule has 0 radical (unpaired) electrons. The molecule has 1 rings (SSSR count). The molecule has 1 aromatic carbocycles. The third-order valence-corrected chi connectivity index (χ3v) is 2.85. The highest BCUT2D eigenvalue weighted by Gasteiger charge is 2.14. The molecule has 1 aromatic rings. The maximum Gasteiger partial charge on any atom is 0.318 e. The molecular formula is C14H20ClN3O3. The fraction of sp³-hybridized carbons (Fsp3) is 0.429. The van der Waals surface area contributed by atoms with Crippen molar-refractivity contribution in [3.8, 4) is 5.75 Å². The first kappa shape index (κ1) is 17.3. The summed E-state index contributed by atoms with van der Waals surface area (Å²) in [7, 11) is 0. The lowest BCUT2D eigenvalue weighted by atomic mass is 10.1. The Bertz CT molecular complexity index is 527. The quantitative estimate of drug-likeness (QED) is 0.772. The third kappa shape index (κ3) is 6.46. The maximum atomic E-state index is 11.4. The number of nitrogens with one attached hydrogen (secondary N) is 2. The van der Waals surface area contributed by atoms with Gasteiger partial charge in [-0.15, -0.1) is 0 Å². The Hall–Kier alpha value is -1.79. The van der Waals surface area contributed by atoms with Gasteiger partial charge in [-0.05, 0) is 32.9 Å². The van der Waals surface area contributed by atoms with Crippen molar-refractivity contribution in [3.63, 3.8) is 0 Å². The van der Waals surface area contributed by atoms with Gasteiger partial charge in [0, 0.05) is 22.7 Å². The number of halogens is 1. The van der Waals surface area contributed by atoms with Crippen LogP contribution < -0.4 is 21.1 Å². The topological polar surface area (TPSA) is 93.4 Å². The van der Waals surface area contributed by atoms with Crippen molar-refractivity contribution >= 4 is 23.5 Å². The molecule has 0 aliphatic heterocycles. The van der Waals surface area contributed by atoms with E-state index in [0.717, 1.165) is 5.56 Å². The molecular weight excluding hydrogens is 294 g/mol. The fourth-order valence-electron chi connectivity index (χ4n) is 1.52. The van der Waals surface area contributed by atoms with Crippen LogP contribution in [0.15, 0.2) is 18.2 Å². The van der Waals surface area contributed by atoms with Crippen LogP contribution in [0, 0.1) is 0 Å². The normalized spacial score (nSPS) is 11.0. The van der Waals surface area contributed by atoms with E-state index in [2.05, 4.69) is 5.32 Å². The average Bonchev–Trinajstić information content (AvgIpc) is 2.33. The van der Waals surface area contributed by atoms with E-state index in [0.29, 0.717) is 17.3 Å². The van der Waals surface area contributed by atoms with Gasteiger partial charge in [0.15, 0.2) is 6.61 Å². The van der Waals surface area contributed by atoms with E-state index in [1.54, 1.807) is 18.2 Å². The highest BCUT2D eigenvalue weighted by atomic mass is 35.5. The van der Waals surface area contributed by atoms with Crippen LogP contribution in [0.3, 0.4) is 0 Å². The van der Waals surface area contributed by atoms with Crippen molar-refractivity contribution in [2.24, 2.45) is 5.73 Å². The second-order valence-electron chi connectivity index (χ2n) is 5.52. The van der Waals surface area contributed by atoms with E-state index < -0.39 is 11.9 Å². The SMILES string of the molecule is CC(C)(C)NCc1c(Cl)cccc1OCC(=O)NC(N)=O. The molecule has 4 N–H and O–H groups in total. The summed E-state index contributed by atoms with van der Waals surface area (Å²) >= 11 is 6.16. The number of carbonyl (C=O) groups excluding carboxylic acids is 2. The Morgan fingerprint density at radius 3 is 2.57 bits per heavy atom. The molecule has 0 saturated heterocycles. The van der Waals surface area contributed by atoms with Crippen molar-refractivity contribution in [2.75, 3.05) is 6.61 Å². The van der Waals surface area contributed by atoms with Crippen LogP contribution in [0.4, 0.5) is 4.79 Å². The van der Waals surface area contributed by atoms with Crippen LogP contribution in [0.1, 0.15) is 26.3 Å². The monoisotopic (exact) mass is 313 g/mol. The number of primary amides is 1. The third-order valence-electron chi connectivity index (χ3n) is 2.49. The summed E-state index contributed by atoms with van der Waals surface area (Å²) in [6.45, 7) is 6.28. The van der Waals surface area contributed by atoms with E-state index in [1.807, 2.05) is 26.1 Å². The number of urea groups is 1. The van der Waals surface area contributed by atoms with Crippen molar-refractivity contribution in [2.45, 2.75) is 32.9 Å². The highest BCUT2D eigenvalue weighted by Crippen LogP contribution is 2.26. The number of hydrogen-bond acceptors (Lipinski definition) is 4. The van der Waals surface area contributed by atoms with Gasteiger partial charge >= 0.3 is 6.03 Å². The van der Waals surface area contributed by atoms with E-state index in [4.69, 9.17) is 22.1 Å². The minimum Gasteiger partial charge on any atom is -0.483 e. The van der Waals surface area contributed by atoms with Crippen molar-refractivity contribution < 1.29 is 14.3 Å². The van der Waals surface area contributed by atoms with E-state index in [9.17, 15) is 9.59 Å². The zero-order valence-electron chi connectivity index (χ0n) is 12.3. The summed E-state index contributed by atoms with van der Waals surface area (Å²) in [5.74, 6) is -0.129. The minimum atomic E-state index is -0.913. The lowest BCUT2D eigenvalue weighted by Gasteiger charge is -2.22. The summed E-state index contributed by atoms with van der Waals surface area (Å²) in [5, 5.41) is 5.77. The molecule has 0 atom stereocenters. The Morgan fingerprint density at radius 1 is 1.33 bits per heavy atom. The highest BCUT2D eigenvalue weighted by molar-refractivity contribution is 6.31. The van der Waals surface area contributed by atoms with Gasteiger partial charge in [0.1, 0.15) is 5.75 Å². The number of carbonyl (C=O) groups is 2. The van der Waals surface area contributed by atoms with Gasteiger partial charge in [0.25, 0.3) is 5.91 Å². The Balaban J connectivity index is 2.75. The summed E-state index contributed by atoms with van der Waals surface area (Å²) in [5.41, 5.74) is 5.52. The number of nitrogens with two attached hydrogens (primary N) is 1. The molecule has 0 aliphatic rings. The van der Waals surface area contributed by atoms with Gasteiger partial charge < -0.3 is 15.8 Å². The van der Waals surface area contributed by atoms with Gasteiger partial charge in [-0.3, -0.25) is 10.1 Å². The molecule has 0 spiro atoms. The summed E-state index contributed by atoms with van der Waals surface area (Å²) in [6, 6.07) is 4.27. The minimum absolute atomic E-state index is 0.0835. The zero-order valence-corrected chi connectivity index (χ0v) is 13.1. The van der Waals surface area contributed by atoms with Gasteiger partial charge in [-0.2, -0.15) is 0 Å². The molecule has 21 heavy (non-hydrogen) atoms. The molecule has 0 aliphatic carbocycles. The molecule has 0 aromatic heterocycles. The van der Waals surface area contributed by atoms with Gasteiger partial charge in [0.05, 0.1) is 0 Å². The molecule has 6 nitrogen and oxygen atoms in total. The summed E-state index contributed by atoms with van der Waals surface area (Å²) in [4.78, 5) is 21.9. The molecule has 3 amide bonds. The van der Waals surface area contributed by atoms with Gasteiger partial charge in [-0.1, -0.05) is 17.7 Å². The molecule has 0 unspecified atom stereocenters. The van der Waals surface area contributed by atoms with Crippen LogP contribution in [0.5, 0.6) is 5.75 Å². The van der Waals surface area contributed by atoms with Crippen molar-refractivity contribution in [1.82, 2.24) is 10.6 Å². The number of hydrogen-bond donors (Lipinski definition) is 3. The first-order valence-electron chi connectivity index (χ1n) is 6.43. The Labute approximate surface area is 129 Å². The predicted molar refractivity (Wildman–Crippen MR) is 81.3 cm³/mol. The fourth-order valence-corrected chi connectivity index (χ4v) is 1.75. The van der Waals surface area contributed by atoms with E-state index >= 15 is 0 Å². The lowest BCUT2D eigenvalue weighted by Crippen LogP contribution is -2.38. The molecule has 0 heterocycles. The van der Waals surface area contributed by atoms with Crippen molar-refractivity contribution in [3.05, 3.63) is 28.8 Å². The average molecular weight is 314 g/mol.